The van der Waals surface area contributed by atoms with Gasteiger partial charge in [-0.2, -0.15) is 13.2 Å². The average molecular weight is 289 g/mol. The molecule has 1 rings (SSSR count). The van der Waals surface area contributed by atoms with Gasteiger partial charge in [-0.3, -0.25) is 0 Å². The van der Waals surface area contributed by atoms with Crippen LogP contribution >= 0.6 is 27.3 Å². The molecule has 1 heterocycles. The van der Waals surface area contributed by atoms with Gasteiger partial charge in [0.15, 0.2) is 5.13 Å². The molecule has 0 aromatic carbocycles. The Labute approximate surface area is 91.7 Å². The molecule has 0 bridgehead atoms. The first-order valence-corrected chi connectivity index (χ1v) is 5.48. The van der Waals surface area contributed by atoms with Crippen molar-refractivity contribution in [3.8, 4) is 0 Å². The van der Waals surface area contributed by atoms with Crippen molar-refractivity contribution >= 4 is 32.4 Å². The molecule has 0 fully saturated rings. The summed E-state index contributed by atoms with van der Waals surface area (Å²) in [6.07, 6.45) is -4.99. The Balaban J connectivity index is 2.45. The van der Waals surface area contributed by atoms with E-state index in [9.17, 15) is 13.2 Å². The fourth-order valence-corrected chi connectivity index (χ4v) is 2.19. The molecule has 0 saturated heterocycles. The Morgan fingerprint density at radius 1 is 1.64 bits per heavy atom. The Morgan fingerprint density at radius 3 is 2.71 bits per heavy atom. The van der Waals surface area contributed by atoms with Crippen molar-refractivity contribution in [2.75, 3.05) is 5.32 Å². The molecule has 0 aliphatic rings. The lowest BCUT2D eigenvalue weighted by molar-refractivity contribution is -0.136. The van der Waals surface area contributed by atoms with Crippen molar-refractivity contribution in [2.45, 2.75) is 25.6 Å². The predicted octanol–water partition coefficient (Wildman–Crippen LogP) is 3.66. The summed E-state index contributed by atoms with van der Waals surface area (Å²) >= 11 is 4.39. The molecule has 0 radical (unpaired) electrons. The van der Waals surface area contributed by atoms with E-state index < -0.39 is 18.6 Å². The average Bonchev–Trinajstić information content (AvgIpc) is 2.30. The molecule has 0 spiro atoms. The second-order valence-corrected chi connectivity index (χ2v) is 4.51. The van der Waals surface area contributed by atoms with E-state index in [1.807, 2.05) is 0 Å². The number of alkyl halides is 3. The van der Waals surface area contributed by atoms with Crippen molar-refractivity contribution < 1.29 is 13.2 Å². The molecule has 0 aliphatic carbocycles. The number of hydrogen-bond donors (Lipinski definition) is 1. The molecule has 1 aromatic heterocycles. The van der Waals surface area contributed by atoms with Gasteiger partial charge in [0, 0.05) is 11.4 Å². The highest BCUT2D eigenvalue weighted by Crippen LogP contribution is 2.25. The van der Waals surface area contributed by atoms with Crippen LogP contribution in [0.5, 0.6) is 0 Å². The zero-order valence-electron chi connectivity index (χ0n) is 7.23. The van der Waals surface area contributed by atoms with Gasteiger partial charge < -0.3 is 5.32 Å². The van der Waals surface area contributed by atoms with E-state index in [2.05, 4.69) is 26.2 Å². The van der Waals surface area contributed by atoms with E-state index in [0.717, 1.165) is 0 Å². The Morgan fingerprint density at radius 2 is 2.29 bits per heavy atom. The number of hydrogen-bond acceptors (Lipinski definition) is 3. The van der Waals surface area contributed by atoms with Crippen molar-refractivity contribution in [1.82, 2.24) is 4.98 Å². The van der Waals surface area contributed by atoms with Crippen LogP contribution in [0.1, 0.15) is 13.3 Å². The second kappa shape index (κ2) is 4.48. The van der Waals surface area contributed by atoms with Crippen LogP contribution in [-0.2, 0) is 0 Å². The Kier molecular flexibility index (Phi) is 3.77. The molecule has 7 heteroatoms. The van der Waals surface area contributed by atoms with Gasteiger partial charge in [-0.05, 0) is 22.9 Å². The van der Waals surface area contributed by atoms with E-state index in [4.69, 9.17) is 0 Å². The lowest BCUT2D eigenvalue weighted by Gasteiger charge is -2.14. The van der Waals surface area contributed by atoms with Crippen LogP contribution in [0.4, 0.5) is 18.3 Å². The molecule has 14 heavy (non-hydrogen) atoms. The van der Waals surface area contributed by atoms with E-state index in [1.165, 1.54) is 18.3 Å². The van der Waals surface area contributed by atoms with Gasteiger partial charge in [-0.25, -0.2) is 4.98 Å². The van der Waals surface area contributed by atoms with Gasteiger partial charge in [0.25, 0.3) is 0 Å². The van der Waals surface area contributed by atoms with Gasteiger partial charge >= 0.3 is 6.18 Å². The largest absolute Gasteiger partial charge is 0.391 e. The van der Waals surface area contributed by atoms with E-state index in [0.29, 0.717) is 9.73 Å². The SMILES string of the molecule is CC(CC(F)(F)F)Nc1nc(Br)cs1. The minimum absolute atomic E-state index is 0.494. The summed E-state index contributed by atoms with van der Waals surface area (Å²) in [5.74, 6) is 0. The van der Waals surface area contributed by atoms with Gasteiger partial charge in [-0.15, -0.1) is 11.3 Å². The van der Waals surface area contributed by atoms with Crippen molar-refractivity contribution in [1.29, 1.82) is 0 Å². The highest BCUT2D eigenvalue weighted by molar-refractivity contribution is 9.10. The topological polar surface area (TPSA) is 24.9 Å². The summed E-state index contributed by atoms with van der Waals surface area (Å²) in [5.41, 5.74) is 0. The van der Waals surface area contributed by atoms with Crippen LogP contribution in [0.2, 0.25) is 0 Å². The van der Waals surface area contributed by atoms with Crippen molar-refractivity contribution in [2.24, 2.45) is 0 Å². The highest BCUT2D eigenvalue weighted by Gasteiger charge is 2.30. The van der Waals surface area contributed by atoms with Crippen LogP contribution in [0.3, 0.4) is 0 Å². The number of aromatic nitrogens is 1. The number of nitrogens with zero attached hydrogens (tertiary/aromatic N) is 1. The maximum absolute atomic E-state index is 11.9. The summed E-state index contributed by atoms with van der Waals surface area (Å²) in [5, 5.41) is 4.88. The lowest BCUT2D eigenvalue weighted by atomic mass is 10.2. The molecule has 2 nitrogen and oxygen atoms in total. The highest BCUT2D eigenvalue weighted by atomic mass is 79.9. The molecule has 1 N–H and O–H groups in total. The smallest absolute Gasteiger partial charge is 0.359 e. The van der Waals surface area contributed by atoms with E-state index in [1.54, 1.807) is 5.38 Å². The van der Waals surface area contributed by atoms with Crippen molar-refractivity contribution in [3.63, 3.8) is 0 Å². The van der Waals surface area contributed by atoms with Crippen LogP contribution in [0.15, 0.2) is 9.98 Å². The van der Waals surface area contributed by atoms with Crippen LogP contribution in [0.25, 0.3) is 0 Å². The zero-order valence-corrected chi connectivity index (χ0v) is 9.63. The minimum Gasteiger partial charge on any atom is -0.359 e. The van der Waals surface area contributed by atoms with E-state index in [-0.39, 0.29) is 0 Å². The molecule has 1 atom stereocenters. The normalized spacial score (nSPS) is 14.1. The molecular formula is C7H8BrF3N2S. The second-order valence-electron chi connectivity index (χ2n) is 2.84. The summed E-state index contributed by atoms with van der Waals surface area (Å²) < 4.78 is 36.5. The fourth-order valence-electron chi connectivity index (χ4n) is 0.929. The number of nitrogens with one attached hydrogen (secondary N) is 1. The third kappa shape index (κ3) is 4.28. The Bertz CT molecular complexity index is 299. The van der Waals surface area contributed by atoms with Crippen LogP contribution in [-0.4, -0.2) is 17.2 Å². The number of anilines is 1. The van der Waals surface area contributed by atoms with Crippen LogP contribution < -0.4 is 5.32 Å². The molecule has 0 saturated carbocycles. The zero-order chi connectivity index (χ0) is 10.8. The molecule has 1 unspecified atom stereocenters. The molecule has 80 valence electrons. The summed E-state index contributed by atoms with van der Waals surface area (Å²) in [6, 6.07) is -0.659. The standard InChI is InChI=1S/C7H8BrF3N2S/c1-4(2-7(9,10)11)12-6-13-5(8)3-14-6/h3-4H,2H2,1H3,(H,12,13). The van der Waals surface area contributed by atoms with Gasteiger partial charge in [0.2, 0.25) is 0 Å². The third-order valence-corrected chi connectivity index (χ3v) is 2.87. The fraction of sp³-hybridized carbons (Fsp3) is 0.571. The van der Waals surface area contributed by atoms with E-state index >= 15 is 0 Å². The molecule has 1 aromatic rings. The molecule has 0 aliphatic heterocycles. The first-order valence-electron chi connectivity index (χ1n) is 3.81. The Hall–Kier alpha value is -0.300. The minimum atomic E-state index is -4.14. The maximum Gasteiger partial charge on any atom is 0.391 e. The quantitative estimate of drug-likeness (QED) is 0.918. The van der Waals surface area contributed by atoms with Gasteiger partial charge in [0.1, 0.15) is 4.60 Å². The first kappa shape index (κ1) is 11.8. The monoisotopic (exact) mass is 288 g/mol. The maximum atomic E-state index is 11.9. The number of rotatable bonds is 3. The third-order valence-electron chi connectivity index (χ3n) is 1.38. The van der Waals surface area contributed by atoms with Crippen molar-refractivity contribution in [3.05, 3.63) is 9.98 Å². The number of thiazole rings is 1. The molecular weight excluding hydrogens is 281 g/mol. The first-order chi connectivity index (χ1) is 6.37. The lowest BCUT2D eigenvalue weighted by Crippen LogP contribution is -2.23. The predicted molar refractivity (Wildman–Crippen MR) is 53.6 cm³/mol. The van der Waals surface area contributed by atoms with Gasteiger partial charge in [0.05, 0.1) is 6.42 Å². The van der Waals surface area contributed by atoms with Gasteiger partial charge in [-0.1, -0.05) is 0 Å². The summed E-state index contributed by atoms with van der Waals surface area (Å²) in [4.78, 5) is 3.94. The van der Waals surface area contributed by atoms with Crippen LogP contribution in [0, 0.1) is 0 Å². The summed E-state index contributed by atoms with van der Waals surface area (Å²) in [6.45, 7) is 1.47. The molecule has 0 amide bonds. The summed E-state index contributed by atoms with van der Waals surface area (Å²) in [7, 11) is 0. The number of halogens is 4.